The molecule has 2 saturated carbocycles. The molecule has 7 nitrogen and oxygen atoms in total. The Morgan fingerprint density at radius 2 is 2.14 bits per heavy atom. The van der Waals surface area contributed by atoms with Crippen molar-refractivity contribution in [2.75, 3.05) is 13.1 Å². The Hall–Kier alpha value is -1.83. The summed E-state index contributed by atoms with van der Waals surface area (Å²) in [6, 6.07) is 0.507. The zero-order chi connectivity index (χ0) is 20.0. The molecule has 4 atom stereocenters. The van der Waals surface area contributed by atoms with Gasteiger partial charge in [0.2, 0.25) is 0 Å². The number of carbonyl (C=O) groups excluding carboxylic acids is 2. The van der Waals surface area contributed by atoms with Crippen LogP contribution < -0.4 is 5.32 Å². The van der Waals surface area contributed by atoms with Gasteiger partial charge in [0, 0.05) is 25.3 Å². The van der Waals surface area contributed by atoms with Gasteiger partial charge in [-0.15, -0.1) is 0 Å². The highest BCUT2D eigenvalue weighted by Crippen LogP contribution is 2.46. The molecule has 2 aliphatic heterocycles. The fourth-order valence-electron chi connectivity index (χ4n) is 5.70. The van der Waals surface area contributed by atoms with Crippen molar-refractivity contribution in [2.45, 2.75) is 62.7 Å². The largest absolute Gasteiger partial charge is 0.361 e. The van der Waals surface area contributed by atoms with Crippen LogP contribution in [0.3, 0.4) is 0 Å². The number of likely N-dealkylation sites (tertiary alicyclic amines) is 1. The number of rotatable bonds is 4. The summed E-state index contributed by atoms with van der Waals surface area (Å²) >= 11 is 1.63. The van der Waals surface area contributed by atoms with Crippen molar-refractivity contribution in [3.63, 3.8) is 0 Å². The predicted molar refractivity (Wildman–Crippen MR) is 113 cm³/mol. The fourth-order valence-corrected chi connectivity index (χ4v) is 6.92. The third-order valence-corrected chi connectivity index (χ3v) is 8.54. The Morgan fingerprint density at radius 3 is 2.79 bits per heavy atom. The number of piperidine rings is 1. The van der Waals surface area contributed by atoms with Gasteiger partial charge < -0.3 is 10.2 Å². The van der Waals surface area contributed by atoms with Gasteiger partial charge >= 0.3 is 0 Å². The van der Waals surface area contributed by atoms with E-state index in [-0.39, 0.29) is 11.8 Å². The molecule has 1 aromatic rings. The third kappa shape index (κ3) is 3.71. The number of fused-ring (bicyclic) bond motifs is 2. The fraction of sp³-hybridized carbons (Fsp3) is 0.714. The second-order valence-corrected chi connectivity index (χ2v) is 10.9. The van der Waals surface area contributed by atoms with Crippen LogP contribution in [0.1, 0.15) is 62.2 Å². The predicted octanol–water partition coefficient (Wildman–Crippen LogP) is 2.82. The number of amides is 2. The maximum atomic E-state index is 12.7. The van der Waals surface area contributed by atoms with Crippen LogP contribution in [0.4, 0.5) is 0 Å². The molecule has 2 aliphatic carbocycles. The van der Waals surface area contributed by atoms with Crippen LogP contribution in [0, 0.1) is 17.8 Å². The first-order chi connectivity index (χ1) is 14.0. The monoisotopic (exact) mass is 415 g/mol. The lowest BCUT2D eigenvalue weighted by Crippen LogP contribution is -2.41. The van der Waals surface area contributed by atoms with Crippen molar-refractivity contribution in [3.8, 4) is 0 Å². The number of carbonyl (C=O) groups is 2. The van der Waals surface area contributed by atoms with E-state index in [0.717, 1.165) is 49.4 Å². The molecule has 2 N–H and O–H groups in total. The second kappa shape index (κ2) is 7.45. The Labute approximate surface area is 175 Å². The molecule has 5 rings (SSSR count). The van der Waals surface area contributed by atoms with Gasteiger partial charge in [0.05, 0.1) is 11.8 Å². The second-order valence-electron chi connectivity index (χ2n) is 9.41. The van der Waals surface area contributed by atoms with Gasteiger partial charge in [-0.1, -0.05) is 18.2 Å². The number of aromatic amines is 1. The SMILES string of the molecule is CC1(CC2CCN(C(=O)c3cn[nH]c3)CC2)SC(N[C@H]2C[C@H]3CC[C@H]2C3)=NC1=O. The normalized spacial score (nSPS) is 34.7. The summed E-state index contributed by atoms with van der Waals surface area (Å²) in [5.41, 5.74) is 0.613. The van der Waals surface area contributed by atoms with E-state index in [4.69, 9.17) is 0 Å². The van der Waals surface area contributed by atoms with Crippen LogP contribution in [0.2, 0.25) is 0 Å². The molecule has 1 unspecified atom stereocenters. The molecule has 0 radical (unpaired) electrons. The summed E-state index contributed by atoms with van der Waals surface area (Å²) in [6.45, 7) is 3.52. The van der Waals surface area contributed by atoms with Crippen LogP contribution in [-0.4, -0.2) is 56.0 Å². The van der Waals surface area contributed by atoms with Crippen LogP contribution in [-0.2, 0) is 4.79 Å². The Morgan fingerprint density at radius 1 is 1.31 bits per heavy atom. The van der Waals surface area contributed by atoms with Gasteiger partial charge in [-0.2, -0.15) is 10.1 Å². The summed E-state index contributed by atoms with van der Waals surface area (Å²) in [5.74, 6) is 2.13. The molecular weight excluding hydrogens is 386 g/mol. The van der Waals surface area contributed by atoms with E-state index in [1.165, 1.54) is 25.7 Å². The molecule has 29 heavy (non-hydrogen) atoms. The van der Waals surface area contributed by atoms with Gasteiger partial charge in [0.1, 0.15) is 4.75 Å². The number of H-pyrrole nitrogens is 1. The smallest absolute Gasteiger partial charge is 0.264 e. The number of aliphatic imine (C=N–C) groups is 1. The van der Waals surface area contributed by atoms with E-state index in [2.05, 4.69) is 20.5 Å². The zero-order valence-corrected chi connectivity index (χ0v) is 17.7. The molecule has 0 spiro atoms. The van der Waals surface area contributed by atoms with Gasteiger partial charge in [0.15, 0.2) is 5.17 Å². The van der Waals surface area contributed by atoms with Crippen molar-refractivity contribution in [2.24, 2.45) is 22.7 Å². The lowest BCUT2D eigenvalue weighted by Gasteiger charge is -2.34. The Balaban J connectivity index is 1.13. The Bertz CT molecular complexity index is 817. The first-order valence-corrected chi connectivity index (χ1v) is 11.7. The molecule has 1 saturated heterocycles. The average molecular weight is 416 g/mol. The van der Waals surface area contributed by atoms with Crippen LogP contribution in [0.5, 0.6) is 0 Å². The standard InChI is InChI=1S/C21H29N5O2S/c1-21(10-13-4-6-26(7-5-13)18(27)16-11-22-23-12-16)19(28)25-20(29-21)24-17-9-14-2-3-15(17)8-14/h11-15,17H,2-10H2,1H3,(H,22,23)(H,24,25,28)/t14-,15-,17-,21?/m0/s1. The molecule has 8 heteroatoms. The van der Waals surface area contributed by atoms with Crippen molar-refractivity contribution >= 4 is 28.7 Å². The highest BCUT2D eigenvalue weighted by Gasteiger charge is 2.46. The number of amidine groups is 1. The molecule has 0 aromatic carbocycles. The van der Waals surface area contributed by atoms with E-state index < -0.39 is 4.75 Å². The van der Waals surface area contributed by atoms with Crippen LogP contribution >= 0.6 is 11.8 Å². The van der Waals surface area contributed by atoms with Crippen LogP contribution in [0.25, 0.3) is 0 Å². The maximum absolute atomic E-state index is 12.7. The summed E-state index contributed by atoms with van der Waals surface area (Å²) in [6.07, 6.45) is 11.2. The minimum absolute atomic E-state index is 0.00468. The zero-order valence-electron chi connectivity index (χ0n) is 16.9. The maximum Gasteiger partial charge on any atom is 0.264 e. The minimum atomic E-state index is -0.471. The number of aromatic nitrogens is 2. The number of hydrogen-bond donors (Lipinski definition) is 2. The van der Waals surface area contributed by atoms with Crippen molar-refractivity contribution < 1.29 is 9.59 Å². The minimum Gasteiger partial charge on any atom is -0.361 e. The summed E-state index contributed by atoms with van der Waals surface area (Å²) in [4.78, 5) is 31.5. The topological polar surface area (TPSA) is 90.4 Å². The lowest BCUT2D eigenvalue weighted by atomic mass is 9.87. The lowest BCUT2D eigenvalue weighted by molar-refractivity contribution is -0.119. The van der Waals surface area contributed by atoms with E-state index in [0.29, 0.717) is 17.5 Å². The van der Waals surface area contributed by atoms with Crippen LogP contribution in [0.15, 0.2) is 17.4 Å². The van der Waals surface area contributed by atoms with Crippen molar-refractivity contribution in [3.05, 3.63) is 18.0 Å². The van der Waals surface area contributed by atoms with E-state index in [1.807, 2.05) is 11.8 Å². The molecular formula is C21H29N5O2S. The number of nitrogens with zero attached hydrogens (tertiary/aromatic N) is 3. The summed E-state index contributed by atoms with van der Waals surface area (Å²) in [7, 11) is 0. The van der Waals surface area contributed by atoms with E-state index >= 15 is 0 Å². The summed E-state index contributed by atoms with van der Waals surface area (Å²) in [5, 5.41) is 11.0. The molecule has 3 heterocycles. The molecule has 1 aromatic heterocycles. The molecule has 2 amide bonds. The number of nitrogens with one attached hydrogen (secondary N) is 2. The van der Waals surface area contributed by atoms with Gasteiger partial charge in [0.25, 0.3) is 11.8 Å². The average Bonchev–Trinajstić information content (AvgIpc) is 3.48. The van der Waals surface area contributed by atoms with Crippen molar-refractivity contribution in [1.29, 1.82) is 0 Å². The number of thioether (sulfide) groups is 1. The van der Waals surface area contributed by atoms with E-state index in [9.17, 15) is 9.59 Å². The molecule has 4 aliphatic rings. The van der Waals surface area contributed by atoms with Gasteiger partial charge in [-0.05, 0) is 63.2 Å². The Kier molecular flexibility index (Phi) is 4.92. The highest BCUT2D eigenvalue weighted by molar-refractivity contribution is 8.16. The third-order valence-electron chi connectivity index (χ3n) is 7.35. The van der Waals surface area contributed by atoms with E-state index in [1.54, 1.807) is 24.2 Å². The molecule has 3 fully saturated rings. The quantitative estimate of drug-likeness (QED) is 0.789. The summed E-state index contributed by atoms with van der Waals surface area (Å²) < 4.78 is -0.471. The van der Waals surface area contributed by atoms with Crippen molar-refractivity contribution in [1.82, 2.24) is 20.4 Å². The highest BCUT2D eigenvalue weighted by atomic mass is 32.2. The van der Waals surface area contributed by atoms with Gasteiger partial charge in [-0.3, -0.25) is 14.7 Å². The molecule has 156 valence electrons. The first kappa shape index (κ1) is 19.2. The first-order valence-electron chi connectivity index (χ1n) is 10.9. The number of hydrogen-bond acceptors (Lipinski definition) is 5. The molecule has 2 bridgehead atoms. The van der Waals surface area contributed by atoms with Gasteiger partial charge in [-0.25, -0.2) is 0 Å².